The SMILES string of the molecule is Clc1nc(-c2ccccc2)nc(-c2ccccc2)n1.c1ccc(-c2nc(-c3ccccc3)nc(-n3c4ccccc4c4ccc5nc(-c6ccccc6)n(-c6ccccc6)c5c43)n2)cc1.c1ccc(-c2nc3ccc4c(c3n2-c2ccccc2)Cc2ccccc2-4)cc1. The van der Waals surface area contributed by atoms with Crippen molar-refractivity contribution < 1.29 is 0 Å². The van der Waals surface area contributed by atoms with Gasteiger partial charge >= 0.3 is 0 Å². The topological polar surface area (TPSA) is 118 Å². The molecule has 1 aliphatic rings. The number of hydrogen-bond donors (Lipinski definition) is 0. The van der Waals surface area contributed by atoms with Gasteiger partial charge in [0.15, 0.2) is 23.3 Å². The number of rotatable bonds is 9. The quantitative estimate of drug-likeness (QED) is 0.140. The Hall–Kier alpha value is -12.3. The fourth-order valence-electron chi connectivity index (χ4n) is 12.5. The fourth-order valence-corrected chi connectivity index (χ4v) is 12.7. The zero-order chi connectivity index (χ0) is 62.0. The minimum atomic E-state index is 0.202. The highest BCUT2D eigenvalue weighted by Crippen LogP contribution is 2.44. The molecule has 0 radical (unpaired) electrons. The summed E-state index contributed by atoms with van der Waals surface area (Å²) in [5.74, 6) is 4.81. The molecule has 5 heterocycles. The van der Waals surface area contributed by atoms with Crippen LogP contribution in [0.2, 0.25) is 5.28 Å². The van der Waals surface area contributed by atoms with Crippen molar-refractivity contribution in [2.24, 2.45) is 0 Å². The van der Waals surface area contributed by atoms with E-state index in [1.807, 2.05) is 140 Å². The van der Waals surface area contributed by atoms with Crippen molar-refractivity contribution in [1.82, 2.24) is 53.6 Å². The van der Waals surface area contributed by atoms with E-state index in [1.54, 1.807) is 0 Å². The predicted octanol–water partition coefficient (Wildman–Crippen LogP) is 19.4. The van der Waals surface area contributed by atoms with E-state index in [0.717, 1.165) is 101 Å². The molecule has 0 aliphatic heterocycles. The van der Waals surface area contributed by atoms with Crippen molar-refractivity contribution in [2.75, 3.05) is 0 Å². The van der Waals surface area contributed by atoms with Gasteiger partial charge in [0.1, 0.15) is 11.6 Å². The summed E-state index contributed by atoms with van der Waals surface area (Å²) < 4.78 is 6.78. The van der Waals surface area contributed by atoms with Crippen LogP contribution in [0.25, 0.3) is 141 Å². The molecule has 1 aliphatic carbocycles. The van der Waals surface area contributed by atoms with Gasteiger partial charge in [0.2, 0.25) is 11.2 Å². The number of hydrogen-bond acceptors (Lipinski definition) is 8. The lowest BCUT2D eigenvalue weighted by Crippen LogP contribution is -2.07. The normalized spacial score (nSPS) is 11.5. The smallest absolute Gasteiger partial charge is 0.238 e. The van der Waals surface area contributed by atoms with Crippen molar-refractivity contribution in [2.45, 2.75) is 6.42 Å². The summed E-state index contributed by atoms with van der Waals surface area (Å²) in [5, 5.41) is 2.42. The van der Waals surface area contributed by atoms with Crippen molar-refractivity contribution in [3.63, 3.8) is 0 Å². The molecular weight excluding hydrogens is 1160 g/mol. The highest BCUT2D eigenvalue weighted by molar-refractivity contribution is 6.28. The Morgan fingerprint density at radius 1 is 0.269 bits per heavy atom. The molecular formula is C81H54ClN11. The summed E-state index contributed by atoms with van der Waals surface area (Å²) in [4.78, 5) is 38.4. The molecule has 12 aromatic carbocycles. The maximum Gasteiger partial charge on any atom is 0.238 e. The van der Waals surface area contributed by atoms with Gasteiger partial charge in [-0.2, -0.15) is 19.9 Å². The molecule has 0 saturated carbocycles. The summed E-state index contributed by atoms with van der Waals surface area (Å²) in [6, 6.07) is 107. The third-order valence-corrected chi connectivity index (χ3v) is 16.9. The van der Waals surface area contributed by atoms with E-state index in [0.29, 0.717) is 29.2 Å². The summed E-state index contributed by atoms with van der Waals surface area (Å²) in [6.45, 7) is 0. The molecule has 0 N–H and O–H groups in total. The van der Waals surface area contributed by atoms with Gasteiger partial charge in [-0.1, -0.05) is 267 Å². The van der Waals surface area contributed by atoms with E-state index >= 15 is 0 Å². The highest BCUT2D eigenvalue weighted by atomic mass is 35.5. The van der Waals surface area contributed by atoms with Crippen molar-refractivity contribution in [3.8, 4) is 96.8 Å². The van der Waals surface area contributed by atoms with Gasteiger partial charge in [0.05, 0.1) is 33.1 Å². The number of aromatic nitrogens is 11. The van der Waals surface area contributed by atoms with Crippen LogP contribution in [0.3, 0.4) is 0 Å². The zero-order valence-electron chi connectivity index (χ0n) is 50.0. The molecule has 17 aromatic rings. The van der Waals surface area contributed by atoms with Crippen LogP contribution in [0.1, 0.15) is 11.1 Å². The molecule has 12 heteroatoms. The van der Waals surface area contributed by atoms with Gasteiger partial charge in [-0.25, -0.2) is 19.9 Å². The average Bonchev–Trinajstić information content (AvgIpc) is 1.57. The Morgan fingerprint density at radius 3 is 1.15 bits per heavy atom. The standard InChI is InChI=1S/C40H26N6.C26H18N2.C15H10ClN3/c1-5-15-27(16-6-1)37-42-38(28-17-7-2-8-18-28)44-40(43-37)46-34-24-14-13-23-31(34)32-25-26-33-36(35(32)46)45(30-21-11-4-12-22-30)39(41-33)29-19-9-3-10-20-29;1-3-9-18(10-4-1)26-27-24-16-15-22-21-14-8-7-11-19(21)17-23(22)25(24)28(26)20-12-5-2-6-13-20;16-15-18-13(11-7-3-1-4-8-11)17-14(19-15)12-9-5-2-6-10-12/h1-26H;1-16H,17H2;1-10H. The first-order valence-corrected chi connectivity index (χ1v) is 31.1. The van der Waals surface area contributed by atoms with Gasteiger partial charge in [0, 0.05) is 61.9 Å². The third-order valence-electron chi connectivity index (χ3n) is 16.7. The number of para-hydroxylation sites is 3. The number of fused-ring (bicyclic) bond motifs is 10. The first-order valence-electron chi connectivity index (χ1n) is 30.7. The largest absolute Gasteiger partial charge is 0.292 e. The second-order valence-electron chi connectivity index (χ2n) is 22.4. The first kappa shape index (κ1) is 56.0. The second-order valence-corrected chi connectivity index (χ2v) is 22.8. The van der Waals surface area contributed by atoms with E-state index in [1.165, 1.54) is 27.8 Å². The minimum absolute atomic E-state index is 0.202. The summed E-state index contributed by atoms with van der Waals surface area (Å²) >= 11 is 5.99. The second kappa shape index (κ2) is 24.6. The van der Waals surface area contributed by atoms with Crippen LogP contribution in [0.15, 0.2) is 315 Å². The summed E-state index contributed by atoms with van der Waals surface area (Å²) in [7, 11) is 0. The van der Waals surface area contributed by atoms with Crippen LogP contribution in [0.4, 0.5) is 0 Å². The van der Waals surface area contributed by atoms with Crippen molar-refractivity contribution >= 4 is 55.5 Å². The van der Waals surface area contributed by atoms with E-state index < -0.39 is 0 Å². The monoisotopic (exact) mass is 1220 g/mol. The molecule has 0 spiro atoms. The molecule has 0 amide bonds. The summed E-state index contributed by atoms with van der Waals surface area (Å²) in [6.07, 6.45) is 0.954. The fraction of sp³-hybridized carbons (Fsp3) is 0.0123. The molecule has 0 atom stereocenters. The predicted molar refractivity (Wildman–Crippen MR) is 376 cm³/mol. The van der Waals surface area contributed by atoms with Gasteiger partial charge in [0.25, 0.3) is 0 Å². The molecule has 0 bridgehead atoms. The Morgan fingerprint density at radius 2 is 0.656 bits per heavy atom. The minimum Gasteiger partial charge on any atom is -0.292 e. The van der Waals surface area contributed by atoms with E-state index in [2.05, 4.69) is 205 Å². The van der Waals surface area contributed by atoms with Crippen LogP contribution in [0, 0.1) is 0 Å². The van der Waals surface area contributed by atoms with Crippen molar-refractivity contribution in [3.05, 3.63) is 332 Å². The van der Waals surface area contributed by atoms with Gasteiger partial charge in [-0.3, -0.25) is 13.7 Å². The van der Waals surface area contributed by atoms with Crippen LogP contribution >= 0.6 is 11.6 Å². The molecule has 440 valence electrons. The third kappa shape index (κ3) is 10.7. The number of nitrogens with zero attached hydrogens (tertiary/aromatic N) is 11. The number of benzene rings is 12. The molecule has 0 saturated heterocycles. The molecule has 18 rings (SSSR count). The van der Waals surface area contributed by atoms with E-state index in [4.69, 9.17) is 36.5 Å². The molecule has 0 unspecified atom stereocenters. The van der Waals surface area contributed by atoms with Crippen molar-refractivity contribution in [1.29, 1.82) is 0 Å². The van der Waals surface area contributed by atoms with Crippen LogP contribution in [-0.2, 0) is 6.42 Å². The van der Waals surface area contributed by atoms with E-state index in [9.17, 15) is 0 Å². The molecule has 0 fully saturated rings. The van der Waals surface area contributed by atoms with Gasteiger partial charge < -0.3 is 0 Å². The van der Waals surface area contributed by atoms with Gasteiger partial charge in [-0.15, -0.1) is 0 Å². The van der Waals surface area contributed by atoms with Gasteiger partial charge in [-0.05, 0) is 82.4 Å². The Balaban J connectivity index is 0.000000123. The lowest BCUT2D eigenvalue weighted by atomic mass is 10.0. The molecule has 11 nitrogen and oxygen atoms in total. The Labute approximate surface area is 541 Å². The molecule has 5 aromatic heterocycles. The van der Waals surface area contributed by atoms with Crippen LogP contribution in [0.5, 0.6) is 0 Å². The Kier molecular flexibility index (Phi) is 14.8. The maximum atomic E-state index is 5.99. The van der Waals surface area contributed by atoms with Crippen LogP contribution in [-0.4, -0.2) is 53.6 Å². The Bertz CT molecular complexity index is 5400. The first-order chi connectivity index (χ1) is 46.1. The average molecular weight is 1220 g/mol. The maximum absolute atomic E-state index is 5.99. The summed E-state index contributed by atoms with van der Waals surface area (Å²) in [5.41, 5.74) is 19.6. The zero-order valence-corrected chi connectivity index (χ0v) is 50.8. The number of halogens is 1. The molecule has 93 heavy (non-hydrogen) atoms. The lowest BCUT2D eigenvalue weighted by molar-refractivity contribution is 0.953. The van der Waals surface area contributed by atoms with E-state index in [-0.39, 0.29) is 5.28 Å². The lowest BCUT2D eigenvalue weighted by Gasteiger charge is -2.13. The van der Waals surface area contributed by atoms with Crippen LogP contribution < -0.4 is 0 Å². The number of imidazole rings is 2. The highest BCUT2D eigenvalue weighted by Gasteiger charge is 2.27.